The lowest BCUT2D eigenvalue weighted by atomic mass is 9.56. The minimum Gasteiger partial charge on any atom is -1.00 e. The zero-order valence-electron chi connectivity index (χ0n) is 35.4. The van der Waals surface area contributed by atoms with Gasteiger partial charge in [0.2, 0.25) is 0 Å². The summed E-state index contributed by atoms with van der Waals surface area (Å²) in [5.41, 5.74) is 2.69. The molecule has 318 valence electrons. The number of fused-ring (bicyclic) bond motifs is 6. The van der Waals surface area contributed by atoms with Crippen LogP contribution in [0.25, 0.3) is 0 Å². The predicted molar refractivity (Wildman–Crippen MR) is 234 cm³/mol. The van der Waals surface area contributed by atoms with Crippen molar-refractivity contribution in [3.8, 4) is 0 Å². The van der Waals surface area contributed by atoms with Crippen LogP contribution in [0, 0.1) is 10.8 Å². The molecule has 6 saturated heterocycles. The number of anilines is 1. The summed E-state index contributed by atoms with van der Waals surface area (Å²) in [7, 11) is 0. The monoisotopic (exact) mass is 935 g/mol. The Morgan fingerprint density at radius 1 is 0.550 bits per heavy atom. The molecule has 6 aliphatic heterocycles. The van der Waals surface area contributed by atoms with Gasteiger partial charge in [-0.3, -0.25) is 4.79 Å². The van der Waals surface area contributed by atoms with Gasteiger partial charge in [-0.1, -0.05) is 146 Å². The number of carbonyl (C=O) groups is 1. The molecule has 60 heavy (non-hydrogen) atoms. The highest BCUT2D eigenvalue weighted by molar-refractivity contribution is 5.93. The highest BCUT2D eigenvalue weighted by atomic mass is 79.9. The van der Waals surface area contributed by atoms with Gasteiger partial charge in [-0.25, -0.2) is 0 Å². The molecule has 1 amide bonds. The maximum Gasteiger partial charge on any atom is 0.282 e. The number of halogens is 2. The Kier molecular flexibility index (Phi) is 14.4. The molecule has 0 spiro atoms. The number of hydrogen-bond donors (Lipinski definition) is 3. The molecule has 6 heterocycles. The lowest BCUT2D eigenvalue weighted by Gasteiger charge is -2.61. The van der Waals surface area contributed by atoms with Gasteiger partial charge in [0.05, 0.1) is 45.8 Å². The molecule has 5 aromatic rings. The molecule has 11 rings (SSSR count). The van der Waals surface area contributed by atoms with Gasteiger partial charge >= 0.3 is 0 Å². The highest BCUT2D eigenvalue weighted by Crippen LogP contribution is 2.59. The van der Waals surface area contributed by atoms with Crippen LogP contribution < -0.4 is 39.3 Å². The van der Waals surface area contributed by atoms with Crippen molar-refractivity contribution in [1.29, 1.82) is 0 Å². The van der Waals surface area contributed by atoms with Crippen molar-refractivity contribution in [2.24, 2.45) is 10.8 Å². The van der Waals surface area contributed by atoms with Crippen LogP contribution in [-0.4, -0.2) is 76.9 Å². The summed E-state index contributed by atoms with van der Waals surface area (Å²) in [6, 6.07) is 50.6. The minimum atomic E-state index is -1.04. The zero-order chi connectivity index (χ0) is 40.3. The third-order valence-corrected chi connectivity index (χ3v) is 15.5. The molecule has 5 aromatic carbocycles. The Bertz CT molecular complexity index is 1990. The SMILES string of the molecule is CCC[N+]12CCC(C(O)(c3ccccc3)c3ccccc3)(CC1)CC2.C[C@@H](C(=O)Nc1ccccc1)[N+]12CCC(C(O)(c3ccccc3)c3ccccc3)(CC1)CC2.[Br-].[Br-]. The summed E-state index contributed by atoms with van der Waals surface area (Å²) >= 11 is 0. The largest absolute Gasteiger partial charge is 1.00 e. The molecule has 6 fully saturated rings. The Balaban J connectivity index is 0.000000202. The first-order chi connectivity index (χ1) is 28.1. The van der Waals surface area contributed by atoms with Crippen molar-refractivity contribution in [1.82, 2.24) is 0 Å². The van der Waals surface area contributed by atoms with Gasteiger partial charge in [0, 0.05) is 55.0 Å². The second-order valence-corrected chi connectivity index (χ2v) is 18.1. The number of carbonyl (C=O) groups excluding carboxylic acids is 1. The summed E-state index contributed by atoms with van der Waals surface area (Å²) < 4.78 is 2.08. The molecule has 8 heteroatoms. The van der Waals surface area contributed by atoms with E-state index < -0.39 is 11.2 Å². The first-order valence-corrected chi connectivity index (χ1v) is 21.9. The number of nitrogens with one attached hydrogen (secondary N) is 1. The Hall–Kier alpha value is -3.63. The smallest absolute Gasteiger partial charge is 0.282 e. The third kappa shape index (κ3) is 8.09. The van der Waals surface area contributed by atoms with E-state index >= 15 is 0 Å². The van der Waals surface area contributed by atoms with Crippen LogP contribution in [0.2, 0.25) is 0 Å². The molecule has 6 aliphatic rings. The van der Waals surface area contributed by atoms with E-state index in [9.17, 15) is 15.0 Å². The van der Waals surface area contributed by atoms with Gasteiger partial charge in [-0.05, 0) is 47.7 Å². The average molecular weight is 938 g/mol. The van der Waals surface area contributed by atoms with Gasteiger partial charge in [0.1, 0.15) is 11.2 Å². The average Bonchev–Trinajstić information content (AvgIpc) is 3.31. The van der Waals surface area contributed by atoms with Crippen LogP contribution in [0.1, 0.15) is 81.0 Å². The number of amides is 1. The van der Waals surface area contributed by atoms with Crippen molar-refractivity contribution in [2.75, 3.05) is 51.1 Å². The molecule has 0 saturated carbocycles. The fourth-order valence-electron chi connectivity index (χ4n) is 11.9. The Morgan fingerprint density at radius 3 is 1.17 bits per heavy atom. The molecule has 1 atom stereocenters. The lowest BCUT2D eigenvalue weighted by molar-refractivity contribution is -0.958. The lowest BCUT2D eigenvalue weighted by Crippen LogP contribution is -3.00. The van der Waals surface area contributed by atoms with Crippen LogP contribution in [0.15, 0.2) is 152 Å². The number of benzene rings is 5. The van der Waals surface area contributed by atoms with Crippen molar-refractivity contribution in [3.63, 3.8) is 0 Å². The van der Waals surface area contributed by atoms with Crippen LogP contribution in [0.3, 0.4) is 0 Å². The van der Waals surface area contributed by atoms with E-state index in [0.717, 1.165) is 90.6 Å². The fraction of sp³-hybridized carbons (Fsp3) is 0.404. The third-order valence-electron chi connectivity index (χ3n) is 15.5. The standard InChI is InChI=1S/C29H32N2O2.C23H30NO.2BrH/c1-23(27(32)30-26-15-9-4-10-16-26)31-20-17-28(18-21-31,19-22-31)29(33,24-11-5-2-6-12-24)25-13-7-3-8-14-25;1-2-16-24-17-13-22(14-18-24,15-19-24)23(25,20-9-5-3-6-10-20)21-11-7-4-8-12-21;;/h2-16,23,33H,17-22H2,1H3;3-12,25H,2,13-19H2,1H3;2*1H/q;+1;;/p-1/t23-,28?,31?;;;/m0.../s1. The predicted octanol–water partition coefficient (Wildman–Crippen LogP) is 3.29. The molecular formula is C52H63Br2N3O3. The molecule has 0 radical (unpaired) electrons. The first-order valence-electron chi connectivity index (χ1n) is 21.9. The summed E-state index contributed by atoms with van der Waals surface area (Å²) in [5.74, 6) is 0.0805. The molecule has 4 bridgehead atoms. The first kappa shape index (κ1) is 45.9. The zero-order valence-corrected chi connectivity index (χ0v) is 38.5. The maximum absolute atomic E-state index is 13.1. The van der Waals surface area contributed by atoms with Crippen LogP contribution >= 0.6 is 0 Å². The van der Waals surface area contributed by atoms with Gasteiger partial charge in [0.15, 0.2) is 6.04 Å². The number of rotatable bonds is 11. The van der Waals surface area contributed by atoms with Gasteiger partial charge in [-0.15, -0.1) is 0 Å². The van der Waals surface area contributed by atoms with E-state index in [1.54, 1.807) is 0 Å². The van der Waals surface area contributed by atoms with Gasteiger partial charge in [-0.2, -0.15) is 0 Å². The molecule has 3 N–H and O–H groups in total. The quantitative estimate of drug-likeness (QED) is 0.179. The van der Waals surface area contributed by atoms with E-state index in [0.29, 0.717) is 0 Å². The van der Waals surface area contributed by atoms with Gasteiger partial charge in [0.25, 0.3) is 5.91 Å². The molecule has 6 nitrogen and oxygen atoms in total. The van der Waals surface area contributed by atoms with E-state index in [-0.39, 0.29) is 56.7 Å². The van der Waals surface area contributed by atoms with E-state index in [1.165, 1.54) is 37.1 Å². The highest BCUT2D eigenvalue weighted by Gasteiger charge is 2.62. The van der Waals surface area contributed by atoms with E-state index in [2.05, 4.69) is 92.0 Å². The molecule has 0 aromatic heterocycles. The fourth-order valence-corrected chi connectivity index (χ4v) is 11.9. The Labute approximate surface area is 379 Å². The van der Waals surface area contributed by atoms with Crippen molar-refractivity contribution in [3.05, 3.63) is 174 Å². The number of hydrogen-bond acceptors (Lipinski definition) is 3. The number of quaternary nitrogens is 2. The van der Waals surface area contributed by atoms with Crippen LogP contribution in [-0.2, 0) is 16.0 Å². The summed E-state index contributed by atoms with van der Waals surface area (Å²) in [6.07, 6.45) is 7.31. The Morgan fingerprint density at radius 2 is 0.850 bits per heavy atom. The summed E-state index contributed by atoms with van der Waals surface area (Å²) in [6.45, 7) is 12.0. The normalized spacial score (nSPS) is 26.0. The van der Waals surface area contributed by atoms with Crippen LogP contribution in [0.5, 0.6) is 0 Å². The van der Waals surface area contributed by atoms with E-state index in [1.807, 2.05) is 78.9 Å². The second kappa shape index (κ2) is 18.8. The second-order valence-electron chi connectivity index (χ2n) is 18.1. The van der Waals surface area contributed by atoms with Crippen LogP contribution in [0.4, 0.5) is 5.69 Å². The number of aliphatic hydroxyl groups is 2. The minimum absolute atomic E-state index is 0. The van der Waals surface area contributed by atoms with Crippen molar-refractivity contribution >= 4 is 11.6 Å². The summed E-state index contributed by atoms with van der Waals surface area (Å²) in [4.78, 5) is 13.1. The van der Waals surface area contributed by atoms with E-state index in [4.69, 9.17) is 0 Å². The molecular weight excluding hydrogens is 874 g/mol. The number of piperidine rings is 6. The summed E-state index contributed by atoms with van der Waals surface area (Å²) in [5, 5.41) is 27.9. The van der Waals surface area contributed by atoms with Crippen molar-refractivity contribution < 1.29 is 57.9 Å². The number of para-hydroxylation sites is 1. The van der Waals surface area contributed by atoms with Gasteiger partial charge < -0.3 is 58.5 Å². The molecule has 0 aliphatic carbocycles. The molecule has 0 unspecified atom stereocenters. The topological polar surface area (TPSA) is 69.6 Å². The maximum atomic E-state index is 13.1. The van der Waals surface area contributed by atoms with Crippen molar-refractivity contribution in [2.45, 2.75) is 76.0 Å². The number of nitrogens with zero attached hydrogens (tertiary/aromatic N) is 2.